The number of aromatic nitrogens is 2. The average Bonchev–Trinajstić information content (AvgIpc) is 3.16. The predicted molar refractivity (Wildman–Crippen MR) is 138 cm³/mol. The zero-order valence-corrected chi connectivity index (χ0v) is 21.8. The lowest BCUT2D eigenvalue weighted by molar-refractivity contribution is -0.704. The van der Waals surface area contributed by atoms with Gasteiger partial charge in [0.05, 0.1) is 13.1 Å². The zero-order valence-electron chi connectivity index (χ0n) is 21.8. The van der Waals surface area contributed by atoms with Crippen LogP contribution in [-0.2, 0) is 19.5 Å². The molecule has 1 aromatic heterocycles. The molecule has 0 saturated carbocycles. The van der Waals surface area contributed by atoms with Crippen LogP contribution in [0.3, 0.4) is 0 Å². The maximum Gasteiger partial charge on any atom is 0.256 e. The highest BCUT2D eigenvalue weighted by Gasteiger charge is 2.16. The van der Waals surface area contributed by atoms with Gasteiger partial charge in [0.25, 0.3) is 5.82 Å². The van der Waals surface area contributed by atoms with Gasteiger partial charge in [0, 0.05) is 6.42 Å². The van der Waals surface area contributed by atoms with Crippen LogP contribution in [-0.4, -0.2) is 4.57 Å². The van der Waals surface area contributed by atoms with Crippen LogP contribution >= 0.6 is 0 Å². The third-order valence-electron chi connectivity index (χ3n) is 6.85. The van der Waals surface area contributed by atoms with Crippen LogP contribution < -0.4 is 4.57 Å². The van der Waals surface area contributed by atoms with Crippen LogP contribution in [0, 0.1) is 0 Å². The monoisotopic (exact) mass is 433 g/mol. The molecule has 0 N–H and O–H groups in total. The Labute approximate surface area is 196 Å². The van der Waals surface area contributed by atoms with E-state index in [1.807, 2.05) is 0 Å². The van der Waals surface area contributed by atoms with Crippen molar-refractivity contribution in [1.82, 2.24) is 4.57 Å². The van der Waals surface area contributed by atoms with Gasteiger partial charge < -0.3 is 0 Å². The Hall–Kier alpha value is -0.790. The molecule has 0 aliphatic rings. The lowest BCUT2D eigenvalue weighted by atomic mass is 10.1. The SMILES string of the molecule is CCCCCCCCCCCCCn1cc[n+](CCCCCCCCC)c1CCCC. The van der Waals surface area contributed by atoms with E-state index in [4.69, 9.17) is 0 Å². The third kappa shape index (κ3) is 14.8. The van der Waals surface area contributed by atoms with E-state index in [1.54, 1.807) is 5.82 Å². The first-order valence-electron chi connectivity index (χ1n) is 14.4. The first-order chi connectivity index (χ1) is 15.3. The molecule has 0 atom stereocenters. The predicted octanol–water partition coefficient (Wildman–Crippen LogP) is 9.18. The Balaban J connectivity index is 2.20. The van der Waals surface area contributed by atoms with Gasteiger partial charge in [0.2, 0.25) is 0 Å². The van der Waals surface area contributed by atoms with Gasteiger partial charge in [0.15, 0.2) is 0 Å². The molecule has 0 bridgehead atoms. The van der Waals surface area contributed by atoms with E-state index >= 15 is 0 Å². The van der Waals surface area contributed by atoms with E-state index in [0.29, 0.717) is 0 Å². The zero-order chi connectivity index (χ0) is 22.4. The van der Waals surface area contributed by atoms with Gasteiger partial charge in [0.1, 0.15) is 12.4 Å². The Morgan fingerprint density at radius 2 is 1.00 bits per heavy atom. The molecular formula is C29H57N2+. The number of aryl methyl sites for hydroxylation is 2. The number of imidazole rings is 1. The highest BCUT2D eigenvalue weighted by molar-refractivity contribution is 4.84. The standard InChI is InChI=1S/C29H57N2/c1-4-7-10-12-14-15-16-17-19-21-23-26-31-28-27-30(29(31)24-9-6-3)25-22-20-18-13-11-8-5-2/h27-28H,4-26H2,1-3H3/q+1. The molecule has 1 rings (SSSR count). The van der Waals surface area contributed by atoms with Gasteiger partial charge in [-0.1, -0.05) is 117 Å². The van der Waals surface area contributed by atoms with E-state index in [1.165, 1.54) is 148 Å². The summed E-state index contributed by atoms with van der Waals surface area (Å²) in [6.45, 7) is 9.36. The molecule has 0 radical (unpaired) electrons. The number of rotatable bonds is 23. The summed E-state index contributed by atoms with van der Waals surface area (Å²) in [7, 11) is 0. The van der Waals surface area contributed by atoms with Crippen LogP contribution in [0.15, 0.2) is 12.4 Å². The Morgan fingerprint density at radius 3 is 1.52 bits per heavy atom. The Bertz CT molecular complexity index is 491. The van der Waals surface area contributed by atoms with Crippen LogP contribution in [0.25, 0.3) is 0 Å². The molecule has 0 spiro atoms. The van der Waals surface area contributed by atoms with E-state index in [-0.39, 0.29) is 0 Å². The summed E-state index contributed by atoms with van der Waals surface area (Å²) in [5, 5.41) is 0. The highest BCUT2D eigenvalue weighted by atomic mass is 15.1. The molecule has 0 unspecified atom stereocenters. The largest absolute Gasteiger partial charge is 0.256 e. The molecule has 0 saturated heterocycles. The maximum absolute atomic E-state index is 2.57. The van der Waals surface area contributed by atoms with Crippen molar-refractivity contribution in [2.45, 2.75) is 169 Å². The minimum atomic E-state index is 1.22. The summed E-state index contributed by atoms with van der Waals surface area (Å²) < 4.78 is 5.14. The maximum atomic E-state index is 2.57. The first kappa shape index (κ1) is 28.2. The quantitative estimate of drug-likeness (QED) is 0.120. The highest BCUT2D eigenvalue weighted by Crippen LogP contribution is 2.13. The van der Waals surface area contributed by atoms with E-state index < -0.39 is 0 Å². The van der Waals surface area contributed by atoms with E-state index in [0.717, 1.165) is 0 Å². The van der Waals surface area contributed by atoms with Crippen LogP contribution in [0.5, 0.6) is 0 Å². The van der Waals surface area contributed by atoms with E-state index in [9.17, 15) is 0 Å². The van der Waals surface area contributed by atoms with Crippen LogP contribution in [0.4, 0.5) is 0 Å². The molecule has 0 aliphatic heterocycles. The summed E-state index contributed by atoms with van der Waals surface area (Å²) in [6, 6.07) is 0. The number of unbranched alkanes of at least 4 members (excludes halogenated alkanes) is 17. The second-order valence-corrected chi connectivity index (χ2v) is 9.86. The topological polar surface area (TPSA) is 8.81 Å². The van der Waals surface area contributed by atoms with Gasteiger partial charge in [-0.05, 0) is 32.1 Å². The minimum absolute atomic E-state index is 1.22. The third-order valence-corrected chi connectivity index (χ3v) is 6.85. The fourth-order valence-electron chi connectivity index (χ4n) is 4.71. The van der Waals surface area contributed by atoms with Gasteiger partial charge in [-0.25, -0.2) is 9.13 Å². The molecule has 0 amide bonds. The van der Waals surface area contributed by atoms with Crippen LogP contribution in [0.2, 0.25) is 0 Å². The fraction of sp³-hybridized carbons (Fsp3) is 0.897. The normalized spacial score (nSPS) is 11.5. The van der Waals surface area contributed by atoms with Gasteiger partial charge >= 0.3 is 0 Å². The second-order valence-electron chi connectivity index (χ2n) is 9.86. The summed E-state index contributed by atoms with van der Waals surface area (Å²) in [4.78, 5) is 0. The second kappa shape index (κ2) is 21.1. The fourth-order valence-corrected chi connectivity index (χ4v) is 4.71. The summed E-state index contributed by atoms with van der Waals surface area (Å²) in [5.74, 6) is 1.58. The average molecular weight is 434 g/mol. The molecule has 1 aromatic rings. The van der Waals surface area contributed by atoms with E-state index in [2.05, 4.69) is 42.3 Å². The van der Waals surface area contributed by atoms with Gasteiger partial charge in [-0.15, -0.1) is 0 Å². The van der Waals surface area contributed by atoms with Crippen molar-refractivity contribution >= 4 is 0 Å². The molecule has 1 heterocycles. The molecule has 0 aliphatic carbocycles. The molecule has 2 nitrogen and oxygen atoms in total. The lowest BCUT2D eigenvalue weighted by Gasteiger charge is -2.06. The van der Waals surface area contributed by atoms with Crippen molar-refractivity contribution in [3.63, 3.8) is 0 Å². The lowest BCUT2D eigenvalue weighted by Crippen LogP contribution is -2.37. The van der Waals surface area contributed by atoms with Crippen molar-refractivity contribution in [2.24, 2.45) is 0 Å². The van der Waals surface area contributed by atoms with Crippen molar-refractivity contribution in [1.29, 1.82) is 0 Å². The molecule has 0 fully saturated rings. The van der Waals surface area contributed by atoms with Crippen molar-refractivity contribution in [3.05, 3.63) is 18.2 Å². The van der Waals surface area contributed by atoms with Gasteiger partial charge in [-0.2, -0.15) is 0 Å². The van der Waals surface area contributed by atoms with Crippen molar-refractivity contribution in [2.75, 3.05) is 0 Å². The smallest absolute Gasteiger partial charge is 0.234 e. The summed E-state index contributed by atoms with van der Waals surface area (Å²) >= 11 is 0. The number of hydrogen-bond acceptors (Lipinski definition) is 0. The van der Waals surface area contributed by atoms with Crippen LogP contribution in [0.1, 0.15) is 155 Å². The van der Waals surface area contributed by atoms with Gasteiger partial charge in [-0.3, -0.25) is 0 Å². The molecule has 182 valence electrons. The van der Waals surface area contributed by atoms with Crippen molar-refractivity contribution < 1.29 is 4.57 Å². The van der Waals surface area contributed by atoms with Crippen molar-refractivity contribution in [3.8, 4) is 0 Å². The summed E-state index contributed by atoms with van der Waals surface area (Å²) in [5.41, 5.74) is 0. The molecule has 31 heavy (non-hydrogen) atoms. The Morgan fingerprint density at radius 1 is 0.548 bits per heavy atom. The minimum Gasteiger partial charge on any atom is -0.234 e. The molecular weight excluding hydrogens is 376 g/mol. The first-order valence-corrected chi connectivity index (χ1v) is 14.4. The molecule has 2 heteroatoms. The number of hydrogen-bond donors (Lipinski definition) is 0. The molecule has 0 aromatic carbocycles. The number of nitrogens with zero attached hydrogens (tertiary/aromatic N) is 2. The Kier molecular flexibility index (Phi) is 19.2. The summed E-state index contributed by atoms with van der Waals surface area (Å²) in [6.07, 6.45) is 34.1.